The van der Waals surface area contributed by atoms with Gasteiger partial charge in [0.05, 0.1) is 11.4 Å². The Balaban J connectivity index is 1.32. The first-order valence-corrected chi connectivity index (χ1v) is 10.0. The van der Waals surface area contributed by atoms with Crippen LogP contribution in [0.3, 0.4) is 0 Å². The molecule has 4 rings (SSSR count). The molecule has 0 bridgehead atoms. The largest absolute Gasteiger partial charge is 0.338 e. The van der Waals surface area contributed by atoms with Crippen molar-refractivity contribution in [1.82, 2.24) is 35.1 Å². The highest BCUT2D eigenvalue weighted by atomic mass is 35.5. The molecule has 0 unspecified atom stereocenters. The van der Waals surface area contributed by atoms with Crippen molar-refractivity contribution in [2.24, 2.45) is 0 Å². The summed E-state index contributed by atoms with van der Waals surface area (Å²) in [5, 5.41) is 12.9. The molecule has 3 heterocycles. The molecular formula is C17H17ClN8OS. The molecule has 1 amide bonds. The second kappa shape index (κ2) is 8.53. The fourth-order valence-corrected chi connectivity index (χ4v) is 3.76. The molecule has 28 heavy (non-hydrogen) atoms. The predicted octanol–water partition coefficient (Wildman–Crippen LogP) is 1.55. The lowest BCUT2D eigenvalue weighted by Crippen LogP contribution is -2.49. The van der Waals surface area contributed by atoms with Crippen molar-refractivity contribution in [2.75, 3.05) is 36.8 Å². The van der Waals surface area contributed by atoms with E-state index in [9.17, 15) is 4.79 Å². The Labute approximate surface area is 170 Å². The van der Waals surface area contributed by atoms with Crippen molar-refractivity contribution in [1.29, 1.82) is 0 Å². The fourth-order valence-electron chi connectivity index (χ4n) is 2.84. The van der Waals surface area contributed by atoms with Crippen LogP contribution < -0.4 is 4.90 Å². The van der Waals surface area contributed by atoms with Crippen LogP contribution in [-0.4, -0.2) is 72.9 Å². The molecule has 1 aliphatic heterocycles. The third kappa shape index (κ3) is 4.23. The van der Waals surface area contributed by atoms with Gasteiger partial charge in [-0.3, -0.25) is 4.79 Å². The minimum absolute atomic E-state index is 0.0595. The van der Waals surface area contributed by atoms with Gasteiger partial charge in [-0.2, -0.15) is 4.68 Å². The molecule has 1 aliphatic rings. The number of hydrogen-bond acceptors (Lipinski definition) is 8. The average molecular weight is 417 g/mol. The van der Waals surface area contributed by atoms with E-state index >= 15 is 0 Å². The summed E-state index contributed by atoms with van der Waals surface area (Å²) < 4.78 is 1.60. The number of rotatable bonds is 5. The summed E-state index contributed by atoms with van der Waals surface area (Å²) in [6.45, 7) is 2.70. The highest BCUT2D eigenvalue weighted by molar-refractivity contribution is 7.99. The third-order valence-corrected chi connectivity index (χ3v) is 5.46. The highest BCUT2D eigenvalue weighted by Gasteiger charge is 2.23. The Morgan fingerprint density at radius 3 is 2.50 bits per heavy atom. The van der Waals surface area contributed by atoms with Gasteiger partial charge in [-0.25, -0.2) is 9.97 Å². The van der Waals surface area contributed by atoms with Crippen LogP contribution in [-0.2, 0) is 4.79 Å². The van der Waals surface area contributed by atoms with Crippen molar-refractivity contribution >= 4 is 35.2 Å². The van der Waals surface area contributed by atoms with E-state index < -0.39 is 0 Å². The van der Waals surface area contributed by atoms with Crippen molar-refractivity contribution in [2.45, 2.75) is 5.16 Å². The number of carbonyl (C=O) groups is 1. The number of carbonyl (C=O) groups excluding carboxylic acids is 1. The van der Waals surface area contributed by atoms with Crippen LogP contribution in [0.2, 0.25) is 5.02 Å². The Hall–Kier alpha value is -2.72. The van der Waals surface area contributed by atoms with E-state index in [1.165, 1.54) is 11.8 Å². The number of tetrazole rings is 1. The van der Waals surface area contributed by atoms with Crippen molar-refractivity contribution in [3.8, 4) is 5.69 Å². The molecular weight excluding hydrogens is 400 g/mol. The second-order valence-corrected chi connectivity index (χ2v) is 7.43. The topological polar surface area (TPSA) is 92.9 Å². The van der Waals surface area contributed by atoms with Crippen molar-refractivity contribution in [3.05, 3.63) is 47.7 Å². The molecule has 0 atom stereocenters. The zero-order valence-corrected chi connectivity index (χ0v) is 16.4. The minimum atomic E-state index is 0.0595. The molecule has 2 aromatic heterocycles. The van der Waals surface area contributed by atoms with E-state index in [-0.39, 0.29) is 11.7 Å². The Bertz CT molecular complexity index is 928. The first kappa shape index (κ1) is 18.6. The molecule has 1 aromatic carbocycles. The standard InChI is InChI=1S/C17H17ClN8OS/c18-13-2-4-14(5-3-13)26-17(21-22-23-26)28-12-15(27)24-8-10-25(11-9-24)16-19-6-1-7-20-16/h1-7H,8-12H2. The third-order valence-electron chi connectivity index (χ3n) is 4.30. The van der Waals surface area contributed by atoms with Gasteiger partial charge in [0.1, 0.15) is 0 Å². The number of hydrogen-bond donors (Lipinski definition) is 0. The summed E-state index contributed by atoms with van der Waals surface area (Å²) in [4.78, 5) is 25.0. The molecule has 3 aromatic rings. The maximum atomic E-state index is 12.6. The van der Waals surface area contributed by atoms with E-state index in [1.807, 2.05) is 17.0 Å². The van der Waals surface area contributed by atoms with E-state index in [1.54, 1.807) is 35.3 Å². The molecule has 1 fully saturated rings. The predicted molar refractivity (Wildman–Crippen MR) is 106 cm³/mol. The molecule has 1 saturated heterocycles. The van der Waals surface area contributed by atoms with Gasteiger partial charge < -0.3 is 9.80 Å². The lowest BCUT2D eigenvalue weighted by Gasteiger charge is -2.34. The first-order chi connectivity index (χ1) is 13.7. The van der Waals surface area contributed by atoms with Crippen LogP contribution in [0.5, 0.6) is 0 Å². The molecule has 0 aliphatic carbocycles. The highest BCUT2D eigenvalue weighted by Crippen LogP contribution is 2.20. The van der Waals surface area contributed by atoms with Crippen LogP contribution in [0.15, 0.2) is 47.9 Å². The second-order valence-electron chi connectivity index (χ2n) is 6.05. The lowest BCUT2D eigenvalue weighted by molar-refractivity contribution is -0.128. The van der Waals surface area contributed by atoms with Gasteiger partial charge >= 0.3 is 0 Å². The summed E-state index contributed by atoms with van der Waals surface area (Å²) in [6, 6.07) is 8.99. The van der Waals surface area contributed by atoms with Gasteiger partial charge in [0, 0.05) is 43.6 Å². The number of nitrogens with zero attached hydrogens (tertiary/aromatic N) is 8. The summed E-state index contributed by atoms with van der Waals surface area (Å²) in [7, 11) is 0. The van der Waals surface area contributed by atoms with E-state index in [4.69, 9.17) is 11.6 Å². The quantitative estimate of drug-likeness (QED) is 0.578. The van der Waals surface area contributed by atoms with Gasteiger partial charge in [-0.05, 0) is 40.8 Å². The maximum Gasteiger partial charge on any atom is 0.233 e. The Morgan fingerprint density at radius 1 is 1.07 bits per heavy atom. The van der Waals surface area contributed by atoms with Crippen LogP contribution >= 0.6 is 23.4 Å². The van der Waals surface area contributed by atoms with Crippen LogP contribution in [0.4, 0.5) is 5.95 Å². The average Bonchev–Trinajstić information content (AvgIpc) is 3.22. The normalized spacial score (nSPS) is 14.3. The molecule has 0 radical (unpaired) electrons. The van der Waals surface area contributed by atoms with Gasteiger partial charge in [-0.1, -0.05) is 23.4 Å². The maximum absolute atomic E-state index is 12.6. The zero-order chi connectivity index (χ0) is 19.3. The molecule has 9 nitrogen and oxygen atoms in total. The monoisotopic (exact) mass is 416 g/mol. The summed E-state index contributed by atoms with van der Waals surface area (Å²) in [5.41, 5.74) is 0.792. The lowest BCUT2D eigenvalue weighted by atomic mass is 10.3. The van der Waals surface area contributed by atoms with Gasteiger partial charge in [0.15, 0.2) is 0 Å². The Kier molecular flexibility index (Phi) is 5.68. The fraction of sp³-hybridized carbons (Fsp3) is 0.294. The summed E-state index contributed by atoms with van der Waals surface area (Å²) >= 11 is 7.24. The summed E-state index contributed by atoms with van der Waals surface area (Å²) in [5.74, 6) is 1.03. The van der Waals surface area contributed by atoms with E-state index in [2.05, 4.69) is 30.4 Å². The number of aromatic nitrogens is 6. The smallest absolute Gasteiger partial charge is 0.233 e. The van der Waals surface area contributed by atoms with Crippen LogP contribution in [0.1, 0.15) is 0 Å². The number of amides is 1. The molecule has 0 saturated carbocycles. The van der Waals surface area contributed by atoms with Crippen molar-refractivity contribution < 1.29 is 4.79 Å². The number of piperazine rings is 1. The minimum Gasteiger partial charge on any atom is -0.338 e. The van der Waals surface area contributed by atoms with Crippen molar-refractivity contribution in [3.63, 3.8) is 0 Å². The van der Waals surface area contributed by atoms with Crippen LogP contribution in [0, 0.1) is 0 Å². The van der Waals surface area contributed by atoms with E-state index in [0.717, 1.165) is 5.69 Å². The van der Waals surface area contributed by atoms with Gasteiger partial charge in [0.2, 0.25) is 17.0 Å². The molecule has 0 N–H and O–H groups in total. The SMILES string of the molecule is O=C(CSc1nnnn1-c1ccc(Cl)cc1)N1CCN(c2ncccn2)CC1. The van der Waals surface area contributed by atoms with Crippen LogP contribution in [0.25, 0.3) is 5.69 Å². The first-order valence-electron chi connectivity index (χ1n) is 8.67. The zero-order valence-electron chi connectivity index (χ0n) is 14.8. The molecule has 144 valence electrons. The van der Waals surface area contributed by atoms with E-state index in [0.29, 0.717) is 42.3 Å². The Morgan fingerprint density at radius 2 is 1.79 bits per heavy atom. The molecule has 0 spiro atoms. The number of anilines is 1. The number of benzene rings is 1. The number of halogens is 1. The summed E-state index contributed by atoms with van der Waals surface area (Å²) in [6.07, 6.45) is 3.45. The van der Waals surface area contributed by atoms with Gasteiger partial charge in [-0.15, -0.1) is 5.10 Å². The van der Waals surface area contributed by atoms with Gasteiger partial charge in [0.25, 0.3) is 0 Å². The molecule has 11 heteroatoms. The number of thioether (sulfide) groups is 1.